The van der Waals surface area contributed by atoms with Crippen LogP contribution in [0, 0.1) is 6.92 Å². The SMILES string of the molecule is Cc1ccc(/C=N/NC(=S)Nc2ccc(Cl)cc2Cl)o1. The van der Waals surface area contributed by atoms with Crippen LogP contribution in [0.5, 0.6) is 0 Å². The molecule has 0 atom stereocenters. The number of hydrogen-bond acceptors (Lipinski definition) is 3. The smallest absolute Gasteiger partial charge is 0.191 e. The van der Waals surface area contributed by atoms with Gasteiger partial charge in [-0.1, -0.05) is 23.2 Å². The highest BCUT2D eigenvalue weighted by Crippen LogP contribution is 2.25. The second kappa shape index (κ2) is 6.74. The molecule has 0 spiro atoms. The van der Waals surface area contributed by atoms with Crippen molar-refractivity contribution in [1.82, 2.24) is 5.43 Å². The number of nitrogens with zero attached hydrogens (tertiary/aromatic N) is 1. The van der Waals surface area contributed by atoms with E-state index in [2.05, 4.69) is 15.8 Å². The molecule has 104 valence electrons. The van der Waals surface area contributed by atoms with Gasteiger partial charge in [-0.3, -0.25) is 5.43 Å². The Morgan fingerprint density at radius 2 is 2.10 bits per heavy atom. The summed E-state index contributed by atoms with van der Waals surface area (Å²) in [5, 5.41) is 8.22. The second-order valence-electron chi connectivity index (χ2n) is 3.90. The molecule has 0 unspecified atom stereocenters. The molecular weight excluding hydrogens is 317 g/mol. The van der Waals surface area contributed by atoms with Crippen LogP contribution >= 0.6 is 35.4 Å². The number of hydrazone groups is 1. The fraction of sp³-hybridized carbons (Fsp3) is 0.0769. The van der Waals surface area contributed by atoms with E-state index in [1.165, 1.54) is 6.21 Å². The number of thiocarbonyl (C=S) groups is 1. The van der Waals surface area contributed by atoms with Crippen LogP contribution < -0.4 is 10.7 Å². The molecule has 0 aliphatic carbocycles. The summed E-state index contributed by atoms with van der Waals surface area (Å²) in [5.41, 5.74) is 3.32. The lowest BCUT2D eigenvalue weighted by Gasteiger charge is -2.08. The van der Waals surface area contributed by atoms with Crippen molar-refractivity contribution in [3.63, 3.8) is 0 Å². The molecule has 0 amide bonds. The predicted octanol–water partition coefficient (Wildman–Crippen LogP) is 4.22. The third-order valence-corrected chi connectivity index (χ3v) is 3.04. The highest BCUT2D eigenvalue weighted by Gasteiger charge is 2.02. The number of anilines is 1. The van der Waals surface area contributed by atoms with Crippen molar-refractivity contribution in [3.05, 3.63) is 51.9 Å². The van der Waals surface area contributed by atoms with Crippen molar-refractivity contribution in [3.8, 4) is 0 Å². The van der Waals surface area contributed by atoms with Gasteiger partial charge in [0.1, 0.15) is 11.5 Å². The molecule has 0 saturated heterocycles. The maximum absolute atomic E-state index is 6.02. The van der Waals surface area contributed by atoms with Gasteiger partial charge in [-0.25, -0.2) is 0 Å². The fourth-order valence-electron chi connectivity index (χ4n) is 1.42. The lowest BCUT2D eigenvalue weighted by atomic mass is 10.3. The lowest BCUT2D eigenvalue weighted by molar-refractivity contribution is 0.527. The molecule has 2 rings (SSSR count). The molecule has 20 heavy (non-hydrogen) atoms. The zero-order chi connectivity index (χ0) is 14.5. The zero-order valence-electron chi connectivity index (χ0n) is 10.5. The molecule has 0 saturated carbocycles. The molecule has 1 aromatic carbocycles. The van der Waals surface area contributed by atoms with Crippen LogP contribution in [-0.2, 0) is 0 Å². The molecule has 2 N–H and O–H groups in total. The summed E-state index contributed by atoms with van der Waals surface area (Å²) in [6.07, 6.45) is 1.53. The standard InChI is InChI=1S/C13H11Cl2N3OS/c1-8-2-4-10(19-8)7-16-18-13(20)17-12-5-3-9(14)6-11(12)15/h2-7H,1H3,(H2,17,18,20)/b16-7+. The molecule has 0 aliphatic heterocycles. The van der Waals surface area contributed by atoms with Crippen LogP contribution in [0.25, 0.3) is 0 Å². The summed E-state index contributed by atoms with van der Waals surface area (Å²) >= 11 is 16.9. The van der Waals surface area contributed by atoms with E-state index in [-0.39, 0.29) is 0 Å². The van der Waals surface area contributed by atoms with E-state index in [4.69, 9.17) is 39.8 Å². The first-order valence-electron chi connectivity index (χ1n) is 5.66. The van der Waals surface area contributed by atoms with Crippen LogP contribution in [0.15, 0.2) is 39.9 Å². The maximum atomic E-state index is 6.02. The molecule has 0 aliphatic rings. The minimum absolute atomic E-state index is 0.314. The van der Waals surface area contributed by atoms with Crippen LogP contribution in [0.1, 0.15) is 11.5 Å². The Labute approximate surface area is 131 Å². The highest BCUT2D eigenvalue weighted by molar-refractivity contribution is 7.80. The molecule has 0 fully saturated rings. The first-order valence-corrected chi connectivity index (χ1v) is 6.82. The van der Waals surface area contributed by atoms with Crippen LogP contribution in [0.2, 0.25) is 10.0 Å². The second-order valence-corrected chi connectivity index (χ2v) is 5.15. The number of aryl methyl sites for hydroxylation is 1. The Morgan fingerprint density at radius 1 is 1.30 bits per heavy atom. The van der Waals surface area contributed by atoms with Crippen molar-refractivity contribution in [1.29, 1.82) is 0 Å². The number of halogens is 2. The van der Waals surface area contributed by atoms with Gasteiger partial charge in [-0.2, -0.15) is 5.10 Å². The van der Waals surface area contributed by atoms with E-state index in [9.17, 15) is 0 Å². The van der Waals surface area contributed by atoms with Crippen LogP contribution in [-0.4, -0.2) is 11.3 Å². The number of hydrogen-bond donors (Lipinski definition) is 2. The van der Waals surface area contributed by atoms with Gasteiger partial charge >= 0.3 is 0 Å². The fourth-order valence-corrected chi connectivity index (χ4v) is 2.04. The van der Waals surface area contributed by atoms with Gasteiger partial charge in [0.2, 0.25) is 0 Å². The molecule has 2 aromatic rings. The molecule has 0 bridgehead atoms. The maximum Gasteiger partial charge on any atom is 0.191 e. The first kappa shape index (κ1) is 14.8. The third kappa shape index (κ3) is 4.23. The topological polar surface area (TPSA) is 49.6 Å². The first-order chi connectivity index (χ1) is 9.54. The Hall–Kier alpha value is -1.56. The summed E-state index contributed by atoms with van der Waals surface area (Å²) in [6.45, 7) is 1.86. The van der Waals surface area contributed by atoms with E-state index in [0.717, 1.165) is 5.76 Å². The minimum Gasteiger partial charge on any atom is -0.460 e. The molecular formula is C13H11Cl2N3OS. The average Bonchev–Trinajstić information content (AvgIpc) is 2.79. The summed E-state index contributed by atoms with van der Waals surface area (Å²) in [5.74, 6) is 1.46. The zero-order valence-corrected chi connectivity index (χ0v) is 12.8. The van der Waals surface area contributed by atoms with E-state index in [1.807, 2.05) is 19.1 Å². The molecule has 7 heteroatoms. The molecule has 4 nitrogen and oxygen atoms in total. The Kier molecular flexibility index (Phi) is 5.00. The summed E-state index contributed by atoms with van der Waals surface area (Å²) in [4.78, 5) is 0. The van der Waals surface area contributed by atoms with Crippen molar-refractivity contribution in [2.24, 2.45) is 5.10 Å². The summed E-state index contributed by atoms with van der Waals surface area (Å²) in [6, 6.07) is 8.74. The average molecular weight is 328 g/mol. The molecule has 0 radical (unpaired) electrons. The van der Waals surface area contributed by atoms with Gasteiger partial charge in [0.15, 0.2) is 5.11 Å². The molecule has 1 heterocycles. The molecule has 1 aromatic heterocycles. The van der Waals surface area contributed by atoms with Gasteiger partial charge in [0.05, 0.1) is 16.9 Å². The summed E-state index contributed by atoms with van der Waals surface area (Å²) in [7, 11) is 0. The van der Waals surface area contributed by atoms with Gasteiger partial charge < -0.3 is 9.73 Å². The number of furan rings is 1. The van der Waals surface area contributed by atoms with Gasteiger partial charge in [0.25, 0.3) is 0 Å². The predicted molar refractivity (Wildman–Crippen MR) is 86.9 cm³/mol. The monoisotopic (exact) mass is 327 g/mol. The van der Waals surface area contributed by atoms with Gasteiger partial charge in [0, 0.05) is 5.02 Å². The Balaban J connectivity index is 1.91. The summed E-state index contributed by atoms with van der Waals surface area (Å²) < 4.78 is 5.33. The lowest BCUT2D eigenvalue weighted by Crippen LogP contribution is -2.23. The Bertz CT molecular complexity index is 655. The van der Waals surface area contributed by atoms with Crippen LogP contribution in [0.4, 0.5) is 5.69 Å². The number of rotatable bonds is 3. The van der Waals surface area contributed by atoms with Crippen molar-refractivity contribution >= 4 is 52.4 Å². The minimum atomic E-state index is 0.314. The normalized spacial score (nSPS) is 10.8. The highest BCUT2D eigenvalue weighted by atomic mass is 35.5. The third-order valence-electron chi connectivity index (χ3n) is 2.30. The van der Waals surface area contributed by atoms with Gasteiger partial charge in [-0.15, -0.1) is 0 Å². The number of benzene rings is 1. The van der Waals surface area contributed by atoms with Crippen molar-refractivity contribution in [2.75, 3.05) is 5.32 Å². The van der Waals surface area contributed by atoms with E-state index >= 15 is 0 Å². The van der Waals surface area contributed by atoms with Crippen molar-refractivity contribution in [2.45, 2.75) is 6.92 Å². The quantitative estimate of drug-likeness (QED) is 0.503. The van der Waals surface area contributed by atoms with E-state index in [1.54, 1.807) is 18.2 Å². The van der Waals surface area contributed by atoms with E-state index in [0.29, 0.717) is 26.6 Å². The number of nitrogens with one attached hydrogen (secondary N) is 2. The largest absolute Gasteiger partial charge is 0.460 e. The van der Waals surface area contributed by atoms with Crippen LogP contribution in [0.3, 0.4) is 0 Å². The Morgan fingerprint density at radius 3 is 2.75 bits per heavy atom. The van der Waals surface area contributed by atoms with Crippen molar-refractivity contribution < 1.29 is 4.42 Å². The van der Waals surface area contributed by atoms with E-state index < -0.39 is 0 Å². The van der Waals surface area contributed by atoms with Gasteiger partial charge in [-0.05, 0) is 49.5 Å².